The monoisotopic (exact) mass is 269 g/mol. The molecular formula is C11H12F5NO. The minimum atomic E-state index is -2.60. The van der Waals surface area contributed by atoms with Gasteiger partial charge in [-0.25, -0.2) is 22.0 Å². The predicted molar refractivity (Wildman–Crippen MR) is 54.7 cm³/mol. The Bertz CT molecular complexity index is 399. The summed E-state index contributed by atoms with van der Waals surface area (Å²) < 4.78 is 66.8. The van der Waals surface area contributed by atoms with Crippen LogP contribution in [0.25, 0.3) is 0 Å². The number of nitrogens with two attached hydrogens (primary N) is 1. The van der Waals surface area contributed by atoms with Crippen molar-refractivity contribution in [3.05, 3.63) is 35.1 Å². The molecule has 0 aliphatic carbocycles. The van der Waals surface area contributed by atoms with Gasteiger partial charge in [-0.2, -0.15) is 0 Å². The summed E-state index contributed by atoms with van der Waals surface area (Å²) in [6.07, 6.45) is -2.57. The molecule has 0 aliphatic rings. The van der Waals surface area contributed by atoms with Crippen molar-refractivity contribution in [1.29, 1.82) is 0 Å². The third kappa shape index (κ3) is 4.23. The van der Waals surface area contributed by atoms with Crippen LogP contribution in [0, 0.1) is 17.5 Å². The molecule has 18 heavy (non-hydrogen) atoms. The summed E-state index contributed by atoms with van der Waals surface area (Å²) in [5.41, 5.74) is 5.32. The Labute approximate surface area is 101 Å². The highest BCUT2D eigenvalue weighted by Gasteiger charge is 2.16. The first-order valence-corrected chi connectivity index (χ1v) is 5.17. The smallest absolute Gasteiger partial charge is 0.261 e. The Kier molecular flexibility index (Phi) is 5.49. The molecule has 0 aromatic heterocycles. The molecule has 0 saturated carbocycles. The van der Waals surface area contributed by atoms with Gasteiger partial charge in [0.2, 0.25) is 0 Å². The van der Waals surface area contributed by atoms with Crippen LogP contribution in [0.15, 0.2) is 12.1 Å². The van der Waals surface area contributed by atoms with Crippen LogP contribution in [0.2, 0.25) is 0 Å². The molecule has 0 heterocycles. The van der Waals surface area contributed by atoms with E-state index in [2.05, 4.69) is 4.74 Å². The fraction of sp³-hybridized carbons (Fsp3) is 0.455. The van der Waals surface area contributed by atoms with E-state index in [9.17, 15) is 22.0 Å². The fourth-order valence-electron chi connectivity index (χ4n) is 1.36. The van der Waals surface area contributed by atoms with Crippen LogP contribution in [0.5, 0.6) is 0 Å². The Morgan fingerprint density at radius 2 is 1.67 bits per heavy atom. The zero-order chi connectivity index (χ0) is 13.7. The quantitative estimate of drug-likeness (QED) is 0.489. The molecule has 0 saturated heterocycles. The lowest BCUT2D eigenvalue weighted by Gasteiger charge is -2.13. The van der Waals surface area contributed by atoms with Crippen LogP contribution in [-0.2, 0) is 4.74 Å². The SMILES string of the molecule is NC(CCOCC(F)F)c1cc(F)c(F)cc1F. The van der Waals surface area contributed by atoms with Crippen LogP contribution in [-0.4, -0.2) is 19.6 Å². The van der Waals surface area contributed by atoms with E-state index in [4.69, 9.17) is 5.73 Å². The molecule has 1 aromatic rings. The molecule has 0 aliphatic heterocycles. The lowest BCUT2D eigenvalue weighted by molar-refractivity contribution is 0.0151. The van der Waals surface area contributed by atoms with Crippen LogP contribution in [0.4, 0.5) is 22.0 Å². The van der Waals surface area contributed by atoms with Crippen molar-refractivity contribution in [3.63, 3.8) is 0 Å². The van der Waals surface area contributed by atoms with Gasteiger partial charge >= 0.3 is 0 Å². The highest BCUT2D eigenvalue weighted by atomic mass is 19.3. The topological polar surface area (TPSA) is 35.2 Å². The highest BCUT2D eigenvalue weighted by molar-refractivity contribution is 5.23. The molecule has 0 fully saturated rings. The lowest BCUT2D eigenvalue weighted by atomic mass is 10.0. The molecule has 1 unspecified atom stereocenters. The van der Waals surface area contributed by atoms with Gasteiger partial charge < -0.3 is 10.5 Å². The van der Waals surface area contributed by atoms with Gasteiger partial charge in [0.25, 0.3) is 6.43 Å². The largest absolute Gasteiger partial charge is 0.375 e. The Morgan fingerprint density at radius 1 is 1.06 bits per heavy atom. The summed E-state index contributed by atoms with van der Waals surface area (Å²) in [5, 5.41) is 0. The van der Waals surface area contributed by atoms with E-state index in [1.807, 2.05) is 0 Å². The zero-order valence-electron chi connectivity index (χ0n) is 9.31. The van der Waals surface area contributed by atoms with Gasteiger partial charge in [-0.1, -0.05) is 0 Å². The van der Waals surface area contributed by atoms with Crippen molar-refractivity contribution in [2.24, 2.45) is 5.73 Å². The van der Waals surface area contributed by atoms with Crippen LogP contribution < -0.4 is 5.73 Å². The van der Waals surface area contributed by atoms with E-state index >= 15 is 0 Å². The van der Waals surface area contributed by atoms with E-state index in [0.717, 1.165) is 0 Å². The summed E-state index contributed by atoms with van der Waals surface area (Å²) in [7, 11) is 0. The Balaban J connectivity index is 2.56. The number of ether oxygens (including phenoxy) is 1. The number of halogens is 5. The normalized spacial score (nSPS) is 13.1. The highest BCUT2D eigenvalue weighted by Crippen LogP contribution is 2.21. The average Bonchev–Trinajstić information content (AvgIpc) is 2.28. The predicted octanol–water partition coefficient (Wildman–Crippen LogP) is 2.78. The molecule has 0 radical (unpaired) electrons. The minimum absolute atomic E-state index is 0.0225. The van der Waals surface area contributed by atoms with Crippen molar-refractivity contribution in [3.8, 4) is 0 Å². The summed E-state index contributed by atoms with van der Waals surface area (Å²) in [4.78, 5) is 0. The minimum Gasteiger partial charge on any atom is -0.375 e. The third-order valence-electron chi connectivity index (χ3n) is 2.26. The van der Waals surface area contributed by atoms with E-state index < -0.39 is 36.5 Å². The Hall–Kier alpha value is -1.21. The summed E-state index contributed by atoms with van der Waals surface area (Å²) in [6.45, 7) is -0.864. The maximum absolute atomic E-state index is 13.3. The van der Waals surface area contributed by atoms with Gasteiger partial charge in [0.05, 0.1) is 0 Å². The van der Waals surface area contributed by atoms with Crippen LogP contribution >= 0.6 is 0 Å². The zero-order valence-corrected chi connectivity index (χ0v) is 9.31. The Morgan fingerprint density at radius 3 is 2.28 bits per heavy atom. The molecule has 1 atom stereocenters. The second-order valence-electron chi connectivity index (χ2n) is 3.65. The maximum atomic E-state index is 13.3. The maximum Gasteiger partial charge on any atom is 0.261 e. The van der Waals surface area contributed by atoms with E-state index in [1.54, 1.807) is 0 Å². The summed E-state index contributed by atoms with van der Waals surface area (Å²) >= 11 is 0. The first-order valence-electron chi connectivity index (χ1n) is 5.17. The molecular weight excluding hydrogens is 257 g/mol. The molecule has 0 bridgehead atoms. The molecule has 1 aromatic carbocycles. The number of rotatable bonds is 6. The van der Waals surface area contributed by atoms with E-state index in [1.165, 1.54) is 0 Å². The number of benzene rings is 1. The van der Waals surface area contributed by atoms with Crippen molar-refractivity contribution in [2.75, 3.05) is 13.2 Å². The molecule has 1 rings (SSSR count). The molecule has 2 N–H and O–H groups in total. The molecule has 0 spiro atoms. The number of hydrogen-bond donors (Lipinski definition) is 1. The average molecular weight is 269 g/mol. The molecule has 102 valence electrons. The summed E-state index contributed by atoms with van der Waals surface area (Å²) in [6, 6.07) is 0.102. The first-order chi connectivity index (χ1) is 8.41. The van der Waals surface area contributed by atoms with Gasteiger partial charge in [0.15, 0.2) is 11.6 Å². The number of alkyl halides is 2. The van der Waals surface area contributed by atoms with Gasteiger partial charge in [-0.05, 0) is 12.5 Å². The van der Waals surface area contributed by atoms with Gasteiger partial charge in [-0.3, -0.25) is 0 Å². The molecule has 7 heteroatoms. The van der Waals surface area contributed by atoms with Gasteiger partial charge in [-0.15, -0.1) is 0 Å². The van der Waals surface area contributed by atoms with Crippen LogP contribution in [0.3, 0.4) is 0 Å². The van der Waals surface area contributed by atoms with Crippen molar-refractivity contribution >= 4 is 0 Å². The summed E-state index contributed by atoms with van der Waals surface area (Å²) in [5.74, 6) is -3.50. The second-order valence-corrected chi connectivity index (χ2v) is 3.65. The lowest BCUT2D eigenvalue weighted by Crippen LogP contribution is -2.16. The van der Waals surface area contributed by atoms with Crippen molar-refractivity contribution in [2.45, 2.75) is 18.9 Å². The van der Waals surface area contributed by atoms with Crippen molar-refractivity contribution in [1.82, 2.24) is 0 Å². The number of hydrogen-bond acceptors (Lipinski definition) is 2. The standard InChI is InChI=1S/C11H12F5NO/c12-7-4-9(14)8(13)3-6(7)10(17)1-2-18-5-11(15)16/h3-4,10-11H,1-2,5,17H2. The first kappa shape index (κ1) is 14.8. The second kappa shape index (κ2) is 6.65. The van der Waals surface area contributed by atoms with Gasteiger partial charge in [0, 0.05) is 24.3 Å². The van der Waals surface area contributed by atoms with E-state index in [0.29, 0.717) is 12.1 Å². The third-order valence-corrected chi connectivity index (χ3v) is 2.26. The molecule has 2 nitrogen and oxygen atoms in total. The van der Waals surface area contributed by atoms with Crippen LogP contribution in [0.1, 0.15) is 18.0 Å². The molecule has 0 amide bonds. The van der Waals surface area contributed by atoms with Crippen molar-refractivity contribution < 1.29 is 26.7 Å². The fourth-order valence-corrected chi connectivity index (χ4v) is 1.36. The van der Waals surface area contributed by atoms with E-state index in [-0.39, 0.29) is 18.6 Å². The van der Waals surface area contributed by atoms with Gasteiger partial charge in [0.1, 0.15) is 12.4 Å².